The molecule has 0 fully saturated rings. The Bertz CT molecular complexity index is 1340. The molecule has 0 aliphatic rings. The number of anilines is 1. The van der Waals surface area contributed by atoms with Crippen molar-refractivity contribution in [3.05, 3.63) is 58.4 Å². The van der Waals surface area contributed by atoms with Gasteiger partial charge in [-0.05, 0) is 55.2 Å². The van der Waals surface area contributed by atoms with E-state index in [0.29, 0.717) is 5.92 Å². The van der Waals surface area contributed by atoms with Crippen molar-refractivity contribution in [3.63, 3.8) is 0 Å². The van der Waals surface area contributed by atoms with E-state index in [0.717, 1.165) is 40.4 Å². The Morgan fingerprint density at radius 3 is 2.44 bits per heavy atom. The summed E-state index contributed by atoms with van der Waals surface area (Å²) in [4.78, 5) is 16.3. The summed E-state index contributed by atoms with van der Waals surface area (Å²) in [5.41, 5.74) is 4.69. The van der Waals surface area contributed by atoms with E-state index in [9.17, 15) is 18.5 Å². The number of aryl methyl sites for hydroxylation is 1. The Kier molecular flexibility index (Phi) is 6.62. The van der Waals surface area contributed by atoms with Gasteiger partial charge in [0.1, 0.15) is 11.6 Å². The molecule has 8 nitrogen and oxygen atoms in total. The minimum Gasteiger partial charge on any atom is -0.318 e. The molecule has 0 saturated heterocycles. The van der Waals surface area contributed by atoms with Gasteiger partial charge >= 0.3 is 0 Å². The van der Waals surface area contributed by atoms with Crippen LogP contribution in [0, 0.1) is 25.2 Å². The molecule has 0 unspecified atom stereocenters. The minimum absolute atomic E-state index is 0.00675. The van der Waals surface area contributed by atoms with Gasteiger partial charge in [-0.3, -0.25) is 10.1 Å². The first kappa shape index (κ1) is 23.4. The summed E-state index contributed by atoms with van der Waals surface area (Å²) in [5.74, 6) is -0.248. The van der Waals surface area contributed by atoms with Crippen LogP contribution in [0.1, 0.15) is 42.3 Å². The van der Waals surface area contributed by atoms with Crippen molar-refractivity contribution >= 4 is 38.5 Å². The number of hydrogen-bond acceptors (Lipinski definition) is 7. The molecular weight excluding hydrogens is 446 g/mol. The van der Waals surface area contributed by atoms with Gasteiger partial charge in [0, 0.05) is 34.9 Å². The van der Waals surface area contributed by atoms with Crippen LogP contribution in [0.5, 0.6) is 0 Å². The van der Waals surface area contributed by atoms with E-state index in [1.165, 1.54) is 11.6 Å². The van der Waals surface area contributed by atoms with Crippen LogP contribution in [0.3, 0.4) is 0 Å². The van der Waals surface area contributed by atoms with Crippen LogP contribution in [0.4, 0.5) is 5.13 Å². The van der Waals surface area contributed by atoms with Crippen LogP contribution in [0.2, 0.25) is 0 Å². The van der Waals surface area contributed by atoms with E-state index in [1.54, 1.807) is 0 Å². The molecule has 2 heterocycles. The topological polar surface area (TPSA) is 118 Å². The second-order valence-electron chi connectivity index (χ2n) is 7.69. The number of carbonyl (C=O) groups is 1. The summed E-state index contributed by atoms with van der Waals surface area (Å²) in [6.07, 6.45) is 2.49. The van der Waals surface area contributed by atoms with Crippen molar-refractivity contribution in [2.45, 2.75) is 38.8 Å². The summed E-state index contributed by atoms with van der Waals surface area (Å²) < 4.78 is 28.8. The number of nitrogens with one attached hydrogen (secondary N) is 1. The molecule has 166 valence electrons. The van der Waals surface area contributed by atoms with E-state index in [4.69, 9.17) is 0 Å². The third kappa shape index (κ3) is 4.95. The molecule has 0 spiro atoms. The van der Waals surface area contributed by atoms with Crippen LogP contribution in [-0.4, -0.2) is 34.5 Å². The standard InChI is InChI=1S/C22H23N5O3S2/c1-13(2)16-6-8-19(9-7-16)27-14(3)10-17(15(27)4)11-18(12-23)20(28)24-21-25-22(26-31-21)32(5,29)30/h6-11,13H,1-5H3,(H,24,25,26,28). The molecule has 3 aromatic rings. The number of rotatable bonds is 6. The van der Waals surface area contributed by atoms with Gasteiger partial charge in [-0.15, -0.1) is 0 Å². The Balaban J connectivity index is 1.89. The Morgan fingerprint density at radius 1 is 1.25 bits per heavy atom. The van der Waals surface area contributed by atoms with Crippen molar-refractivity contribution in [2.24, 2.45) is 0 Å². The van der Waals surface area contributed by atoms with Gasteiger partial charge < -0.3 is 4.57 Å². The number of nitriles is 1. The fraction of sp³-hybridized carbons (Fsp3) is 0.273. The summed E-state index contributed by atoms with van der Waals surface area (Å²) in [7, 11) is -3.58. The van der Waals surface area contributed by atoms with Crippen molar-refractivity contribution in [1.82, 2.24) is 13.9 Å². The summed E-state index contributed by atoms with van der Waals surface area (Å²) in [6.45, 7) is 8.16. The molecule has 0 aliphatic carbocycles. The van der Waals surface area contributed by atoms with E-state index in [2.05, 4.69) is 57.4 Å². The zero-order valence-corrected chi connectivity index (χ0v) is 20.0. The maximum Gasteiger partial charge on any atom is 0.268 e. The molecule has 10 heteroatoms. The normalized spacial score (nSPS) is 12.1. The molecule has 3 rings (SSSR count). The first-order chi connectivity index (χ1) is 15.0. The maximum atomic E-state index is 12.6. The highest BCUT2D eigenvalue weighted by molar-refractivity contribution is 7.90. The van der Waals surface area contributed by atoms with Gasteiger partial charge in [-0.2, -0.15) is 14.6 Å². The molecule has 1 amide bonds. The molecular formula is C22H23N5O3S2. The lowest BCUT2D eigenvalue weighted by Gasteiger charge is -2.12. The summed E-state index contributed by atoms with van der Waals surface area (Å²) in [5, 5.41) is 11.6. The smallest absolute Gasteiger partial charge is 0.268 e. The molecule has 0 atom stereocenters. The molecule has 32 heavy (non-hydrogen) atoms. The lowest BCUT2D eigenvalue weighted by molar-refractivity contribution is -0.112. The Morgan fingerprint density at radius 2 is 1.91 bits per heavy atom. The van der Waals surface area contributed by atoms with Gasteiger partial charge in [0.05, 0.1) is 0 Å². The third-order valence-corrected chi connectivity index (χ3v) is 6.50. The van der Waals surface area contributed by atoms with E-state index in [1.807, 2.05) is 26.0 Å². The number of amides is 1. The predicted octanol–water partition coefficient (Wildman–Crippen LogP) is 4.02. The second-order valence-corrected chi connectivity index (χ2v) is 10.3. The second kappa shape index (κ2) is 9.06. The van der Waals surface area contributed by atoms with Crippen LogP contribution in [0.15, 0.2) is 41.1 Å². The number of aromatic nitrogens is 3. The molecule has 0 aliphatic heterocycles. The first-order valence-electron chi connectivity index (χ1n) is 9.77. The highest BCUT2D eigenvalue weighted by atomic mass is 32.2. The monoisotopic (exact) mass is 469 g/mol. The molecule has 0 bridgehead atoms. The molecule has 0 radical (unpaired) electrons. The van der Waals surface area contributed by atoms with Crippen molar-refractivity contribution in [1.29, 1.82) is 5.26 Å². The van der Waals surface area contributed by atoms with Crippen LogP contribution >= 0.6 is 11.5 Å². The van der Waals surface area contributed by atoms with Crippen LogP contribution < -0.4 is 5.32 Å². The SMILES string of the molecule is Cc1cc(C=C(C#N)C(=O)Nc2nc(S(C)(=O)=O)ns2)c(C)n1-c1ccc(C(C)C)cc1. The van der Waals surface area contributed by atoms with Crippen molar-refractivity contribution in [2.75, 3.05) is 11.6 Å². The van der Waals surface area contributed by atoms with E-state index >= 15 is 0 Å². The number of benzene rings is 1. The highest BCUT2D eigenvalue weighted by Gasteiger charge is 2.18. The minimum atomic E-state index is -3.58. The molecule has 0 saturated carbocycles. The Labute approximate surface area is 191 Å². The average molecular weight is 470 g/mol. The maximum absolute atomic E-state index is 12.6. The van der Waals surface area contributed by atoms with Crippen LogP contribution in [0.25, 0.3) is 11.8 Å². The lowest BCUT2D eigenvalue weighted by Crippen LogP contribution is -2.13. The molecule has 1 aromatic carbocycles. The van der Waals surface area contributed by atoms with Crippen molar-refractivity contribution in [3.8, 4) is 11.8 Å². The number of hydrogen-bond donors (Lipinski definition) is 1. The molecule has 1 N–H and O–H groups in total. The van der Waals surface area contributed by atoms with E-state index < -0.39 is 15.7 Å². The third-order valence-electron chi connectivity index (χ3n) is 4.91. The van der Waals surface area contributed by atoms with Gasteiger partial charge in [0.15, 0.2) is 0 Å². The zero-order valence-electron chi connectivity index (χ0n) is 18.4. The summed E-state index contributed by atoms with van der Waals surface area (Å²) in [6, 6.07) is 12.1. The van der Waals surface area contributed by atoms with Gasteiger partial charge in [-0.1, -0.05) is 26.0 Å². The zero-order chi connectivity index (χ0) is 23.6. The predicted molar refractivity (Wildman–Crippen MR) is 125 cm³/mol. The Hall–Kier alpha value is -3.29. The largest absolute Gasteiger partial charge is 0.318 e. The van der Waals surface area contributed by atoms with Crippen molar-refractivity contribution < 1.29 is 13.2 Å². The summed E-state index contributed by atoms with van der Waals surface area (Å²) >= 11 is 0.736. The van der Waals surface area contributed by atoms with Crippen LogP contribution in [-0.2, 0) is 14.6 Å². The molecule has 2 aromatic heterocycles. The fourth-order valence-electron chi connectivity index (χ4n) is 3.22. The number of carbonyl (C=O) groups excluding carboxylic acids is 1. The van der Waals surface area contributed by atoms with E-state index in [-0.39, 0.29) is 15.9 Å². The number of sulfone groups is 1. The average Bonchev–Trinajstić information content (AvgIpc) is 3.30. The highest BCUT2D eigenvalue weighted by Crippen LogP contribution is 2.25. The lowest BCUT2D eigenvalue weighted by atomic mass is 10.0. The fourth-order valence-corrected chi connectivity index (χ4v) is 4.66. The van der Waals surface area contributed by atoms with Gasteiger partial charge in [0.2, 0.25) is 15.0 Å². The quantitative estimate of drug-likeness (QED) is 0.430. The van der Waals surface area contributed by atoms with Gasteiger partial charge in [0.25, 0.3) is 11.1 Å². The first-order valence-corrected chi connectivity index (χ1v) is 12.4. The number of nitrogens with zero attached hydrogens (tertiary/aromatic N) is 4. The van der Waals surface area contributed by atoms with Gasteiger partial charge in [-0.25, -0.2) is 8.42 Å².